The first-order valence-electron chi connectivity index (χ1n) is 6.40. The third kappa shape index (κ3) is 2.47. The van der Waals surface area contributed by atoms with E-state index in [0.717, 1.165) is 18.9 Å². The summed E-state index contributed by atoms with van der Waals surface area (Å²) in [5.74, 6) is -2.87. The first-order valence-corrected chi connectivity index (χ1v) is 6.40. The molecule has 0 spiro atoms. The smallest absolute Gasteiger partial charge is 0.196 e. The van der Waals surface area contributed by atoms with Gasteiger partial charge in [0.2, 0.25) is 0 Å². The summed E-state index contributed by atoms with van der Waals surface area (Å²) >= 11 is 0. The Kier molecular flexibility index (Phi) is 3.83. The molecule has 1 fully saturated rings. The number of hydrogen-bond acceptors (Lipinski definition) is 1. The van der Waals surface area contributed by atoms with Crippen molar-refractivity contribution in [1.82, 2.24) is 0 Å². The van der Waals surface area contributed by atoms with Gasteiger partial charge in [0.1, 0.15) is 0 Å². The third-order valence-electron chi connectivity index (χ3n) is 3.90. The van der Waals surface area contributed by atoms with Crippen LogP contribution in [0.3, 0.4) is 0 Å². The fraction of sp³-hybridized carbons (Fsp3) is 0.571. The third-order valence-corrected chi connectivity index (χ3v) is 3.90. The molecule has 2 rings (SSSR count). The highest BCUT2D eigenvalue weighted by molar-refractivity contribution is 5.46. The van der Waals surface area contributed by atoms with Gasteiger partial charge in [0.15, 0.2) is 17.5 Å². The van der Waals surface area contributed by atoms with Gasteiger partial charge in [-0.25, -0.2) is 13.2 Å². The van der Waals surface area contributed by atoms with E-state index < -0.39 is 17.5 Å². The lowest BCUT2D eigenvalue weighted by Crippen LogP contribution is -2.37. The van der Waals surface area contributed by atoms with Crippen molar-refractivity contribution < 1.29 is 13.2 Å². The lowest BCUT2D eigenvalue weighted by molar-refractivity contribution is 0.267. The van der Waals surface area contributed by atoms with Gasteiger partial charge in [0.25, 0.3) is 0 Å². The van der Waals surface area contributed by atoms with E-state index in [9.17, 15) is 13.2 Å². The Hall–Kier alpha value is -1.19. The molecule has 100 valence electrons. The number of anilines is 1. The molecule has 0 radical (unpaired) electrons. The van der Waals surface area contributed by atoms with Crippen molar-refractivity contribution in [1.29, 1.82) is 0 Å². The second-order valence-corrected chi connectivity index (χ2v) is 5.28. The Morgan fingerprint density at radius 1 is 1.00 bits per heavy atom. The van der Waals surface area contributed by atoms with E-state index in [0.29, 0.717) is 11.8 Å². The van der Waals surface area contributed by atoms with E-state index in [-0.39, 0.29) is 11.7 Å². The fourth-order valence-electron chi connectivity index (χ4n) is 2.78. The molecule has 18 heavy (non-hydrogen) atoms. The maximum absolute atomic E-state index is 13.6. The zero-order valence-electron chi connectivity index (χ0n) is 10.6. The van der Waals surface area contributed by atoms with Gasteiger partial charge in [0.05, 0.1) is 5.69 Å². The van der Waals surface area contributed by atoms with Crippen molar-refractivity contribution in [3.05, 3.63) is 29.6 Å². The molecule has 0 saturated heterocycles. The van der Waals surface area contributed by atoms with Gasteiger partial charge in [-0.2, -0.15) is 0 Å². The fourth-order valence-corrected chi connectivity index (χ4v) is 2.78. The zero-order chi connectivity index (χ0) is 13.3. The van der Waals surface area contributed by atoms with Gasteiger partial charge in [-0.15, -0.1) is 0 Å². The lowest BCUT2D eigenvalue weighted by atomic mass is 9.78. The molecule has 1 aliphatic carbocycles. The van der Waals surface area contributed by atoms with Crippen LogP contribution in [-0.4, -0.2) is 6.04 Å². The second kappa shape index (κ2) is 5.21. The summed E-state index contributed by atoms with van der Waals surface area (Å²) in [5.41, 5.74) is 0.0551. The van der Waals surface area contributed by atoms with Gasteiger partial charge in [-0.05, 0) is 36.8 Å². The maximum Gasteiger partial charge on any atom is 0.196 e. The molecule has 2 unspecified atom stereocenters. The summed E-state index contributed by atoms with van der Waals surface area (Å²) in [7, 11) is 0. The van der Waals surface area contributed by atoms with Crippen molar-refractivity contribution in [2.24, 2.45) is 11.8 Å². The molecule has 4 heteroatoms. The van der Waals surface area contributed by atoms with Crippen molar-refractivity contribution >= 4 is 5.69 Å². The number of nitrogens with one attached hydrogen (secondary N) is 1. The number of hydrogen-bond donors (Lipinski definition) is 1. The van der Waals surface area contributed by atoms with E-state index in [2.05, 4.69) is 19.2 Å². The first kappa shape index (κ1) is 13.2. The Morgan fingerprint density at radius 3 is 2.22 bits per heavy atom. The molecular formula is C14H18F3N. The quantitative estimate of drug-likeness (QED) is 0.777. The molecule has 1 aromatic rings. The molecule has 1 N–H and O–H groups in total. The van der Waals surface area contributed by atoms with Crippen LogP contribution >= 0.6 is 0 Å². The Morgan fingerprint density at radius 2 is 1.61 bits per heavy atom. The van der Waals surface area contributed by atoms with E-state index in [1.807, 2.05) is 0 Å². The molecule has 0 aliphatic heterocycles. The summed E-state index contributed by atoms with van der Waals surface area (Å²) in [4.78, 5) is 0. The van der Waals surface area contributed by atoms with Crippen LogP contribution in [-0.2, 0) is 0 Å². The highest BCUT2D eigenvalue weighted by Crippen LogP contribution is 2.32. The van der Waals surface area contributed by atoms with Crippen LogP contribution < -0.4 is 5.32 Å². The van der Waals surface area contributed by atoms with E-state index >= 15 is 0 Å². The van der Waals surface area contributed by atoms with Crippen LogP contribution in [0.25, 0.3) is 0 Å². The van der Waals surface area contributed by atoms with Gasteiger partial charge < -0.3 is 5.32 Å². The van der Waals surface area contributed by atoms with Gasteiger partial charge >= 0.3 is 0 Å². The minimum absolute atomic E-state index is 0.0551. The molecule has 1 aromatic carbocycles. The Labute approximate surface area is 105 Å². The molecule has 0 amide bonds. The lowest BCUT2D eigenvalue weighted by Gasteiger charge is -2.36. The zero-order valence-corrected chi connectivity index (χ0v) is 10.6. The molecule has 0 heterocycles. The van der Waals surface area contributed by atoms with Crippen molar-refractivity contribution in [2.75, 3.05) is 5.32 Å². The normalized spacial score (nSPS) is 28.2. The van der Waals surface area contributed by atoms with Crippen LogP contribution in [0.5, 0.6) is 0 Å². The average Bonchev–Trinajstić information content (AvgIpc) is 2.34. The minimum atomic E-state index is -1.41. The standard InChI is InChI=1S/C14H18F3N/c1-8-4-3-5-9(2)14(8)18-11-7-6-10(15)12(16)13(11)17/h6-9,14,18H,3-5H2,1-2H3. The Balaban J connectivity index is 2.20. The monoisotopic (exact) mass is 257 g/mol. The van der Waals surface area contributed by atoms with E-state index in [1.54, 1.807) is 0 Å². The molecule has 0 bridgehead atoms. The molecule has 1 saturated carbocycles. The van der Waals surface area contributed by atoms with Gasteiger partial charge in [-0.3, -0.25) is 0 Å². The summed E-state index contributed by atoms with van der Waals surface area (Å²) in [6.07, 6.45) is 3.32. The predicted molar refractivity (Wildman–Crippen MR) is 65.9 cm³/mol. The van der Waals surface area contributed by atoms with Crippen molar-refractivity contribution in [3.63, 3.8) is 0 Å². The molecule has 0 aromatic heterocycles. The van der Waals surface area contributed by atoms with Gasteiger partial charge in [0, 0.05) is 6.04 Å². The van der Waals surface area contributed by atoms with E-state index in [4.69, 9.17) is 0 Å². The van der Waals surface area contributed by atoms with E-state index in [1.165, 1.54) is 12.5 Å². The number of halogens is 3. The molecule has 1 nitrogen and oxygen atoms in total. The number of rotatable bonds is 2. The molecule has 1 aliphatic rings. The average molecular weight is 257 g/mol. The molecule has 2 atom stereocenters. The Bertz CT molecular complexity index is 423. The summed E-state index contributed by atoms with van der Waals surface area (Å²) < 4.78 is 39.6. The van der Waals surface area contributed by atoms with Crippen molar-refractivity contribution in [2.45, 2.75) is 39.2 Å². The highest BCUT2D eigenvalue weighted by atomic mass is 19.2. The topological polar surface area (TPSA) is 12.0 Å². The van der Waals surface area contributed by atoms with Crippen LogP contribution in [0.4, 0.5) is 18.9 Å². The molecular weight excluding hydrogens is 239 g/mol. The summed E-state index contributed by atoms with van der Waals surface area (Å²) in [6, 6.07) is 2.33. The van der Waals surface area contributed by atoms with Crippen LogP contribution in [0, 0.1) is 29.3 Å². The largest absolute Gasteiger partial charge is 0.379 e. The summed E-state index contributed by atoms with van der Waals surface area (Å²) in [6.45, 7) is 4.20. The minimum Gasteiger partial charge on any atom is -0.379 e. The van der Waals surface area contributed by atoms with Crippen LogP contribution in [0.15, 0.2) is 12.1 Å². The summed E-state index contributed by atoms with van der Waals surface area (Å²) in [5, 5.41) is 3.04. The van der Waals surface area contributed by atoms with Crippen LogP contribution in [0.2, 0.25) is 0 Å². The SMILES string of the molecule is CC1CCCC(C)C1Nc1ccc(F)c(F)c1F. The maximum atomic E-state index is 13.6. The van der Waals surface area contributed by atoms with Crippen molar-refractivity contribution in [3.8, 4) is 0 Å². The highest BCUT2D eigenvalue weighted by Gasteiger charge is 2.28. The number of benzene rings is 1. The predicted octanol–water partition coefficient (Wildman–Crippen LogP) is 4.34. The first-order chi connectivity index (χ1) is 8.50. The van der Waals surface area contributed by atoms with Crippen LogP contribution in [0.1, 0.15) is 33.1 Å². The second-order valence-electron chi connectivity index (χ2n) is 5.28. The van der Waals surface area contributed by atoms with Gasteiger partial charge in [-0.1, -0.05) is 20.3 Å².